The Morgan fingerprint density at radius 2 is 1.95 bits per heavy atom. The van der Waals surface area contributed by atoms with Crippen molar-refractivity contribution in [1.82, 2.24) is 10.2 Å². The van der Waals surface area contributed by atoms with Crippen molar-refractivity contribution < 1.29 is 9.53 Å². The highest BCUT2D eigenvalue weighted by Gasteiger charge is 2.21. The summed E-state index contributed by atoms with van der Waals surface area (Å²) >= 11 is 5.84. The number of nitrogens with zero attached hydrogens (tertiary/aromatic N) is 1. The first-order valence-electron chi connectivity index (χ1n) is 7.95. The summed E-state index contributed by atoms with van der Waals surface area (Å²) in [6.45, 7) is 7.45. The molecule has 1 amide bonds. The molecule has 1 aromatic rings. The third-order valence-corrected chi connectivity index (χ3v) is 4.20. The fourth-order valence-corrected chi connectivity index (χ4v) is 2.62. The van der Waals surface area contributed by atoms with Crippen LogP contribution in [0.3, 0.4) is 0 Å². The van der Waals surface area contributed by atoms with Gasteiger partial charge in [-0.05, 0) is 37.1 Å². The molecule has 1 saturated heterocycles. The summed E-state index contributed by atoms with van der Waals surface area (Å²) in [6, 6.07) is 7.76. The number of carbonyl (C=O) groups excluding carboxylic acids is 1. The Hall–Kier alpha value is -1.26. The highest BCUT2D eigenvalue weighted by Crippen LogP contribution is 2.16. The SMILES string of the molecule is CC(C)C(=O)NC1CCN(CCOc2ccc(Cl)cc2)CC1. The molecule has 0 radical (unpaired) electrons. The van der Waals surface area contributed by atoms with Crippen molar-refractivity contribution in [1.29, 1.82) is 0 Å². The first-order valence-corrected chi connectivity index (χ1v) is 8.33. The maximum Gasteiger partial charge on any atom is 0.222 e. The zero-order valence-corrected chi connectivity index (χ0v) is 14.1. The van der Waals surface area contributed by atoms with E-state index >= 15 is 0 Å². The molecule has 1 aliphatic heterocycles. The lowest BCUT2D eigenvalue weighted by Gasteiger charge is -2.32. The molecule has 0 atom stereocenters. The van der Waals surface area contributed by atoms with Crippen molar-refractivity contribution in [2.75, 3.05) is 26.2 Å². The van der Waals surface area contributed by atoms with Crippen LogP contribution >= 0.6 is 11.6 Å². The van der Waals surface area contributed by atoms with E-state index in [1.165, 1.54) is 0 Å². The maximum atomic E-state index is 11.7. The monoisotopic (exact) mass is 324 g/mol. The van der Waals surface area contributed by atoms with Gasteiger partial charge in [-0.15, -0.1) is 0 Å². The molecule has 0 aromatic heterocycles. The highest BCUT2D eigenvalue weighted by molar-refractivity contribution is 6.30. The van der Waals surface area contributed by atoms with Crippen LogP contribution in [0.25, 0.3) is 0 Å². The molecule has 0 bridgehead atoms. The first-order chi connectivity index (χ1) is 10.5. The van der Waals surface area contributed by atoms with Gasteiger partial charge in [-0.2, -0.15) is 0 Å². The molecule has 1 aliphatic rings. The Balaban J connectivity index is 1.63. The number of carbonyl (C=O) groups is 1. The van der Waals surface area contributed by atoms with Crippen LogP contribution in [0.4, 0.5) is 0 Å². The van der Waals surface area contributed by atoms with Crippen molar-refractivity contribution in [3.8, 4) is 5.75 Å². The number of hydrogen-bond acceptors (Lipinski definition) is 3. The first kappa shape index (κ1) is 17.1. The summed E-state index contributed by atoms with van der Waals surface area (Å²) in [5.41, 5.74) is 0. The quantitative estimate of drug-likeness (QED) is 0.874. The number of benzene rings is 1. The van der Waals surface area contributed by atoms with Gasteiger partial charge in [0.25, 0.3) is 0 Å². The number of rotatable bonds is 6. The van der Waals surface area contributed by atoms with E-state index in [2.05, 4.69) is 10.2 Å². The number of piperidine rings is 1. The predicted molar refractivity (Wildman–Crippen MR) is 89.4 cm³/mol. The molecular formula is C17H25ClN2O2. The van der Waals surface area contributed by atoms with Gasteiger partial charge in [-0.25, -0.2) is 0 Å². The number of ether oxygens (including phenoxy) is 1. The standard InChI is InChI=1S/C17H25ClN2O2/c1-13(2)17(21)19-15-7-9-20(10-8-15)11-12-22-16-5-3-14(18)4-6-16/h3-6,13,15H,7-12H2,1-2H3,(H,19,21). The van der Waals surface area contributed by atoms with Gasteiger partial charge in [0.2, 0.25) is 5.91 Å². The highest BCUT2D eigenvalue weighted by atomic mass is 35.5. The zero-order valence-electron chi connectivity index (χ0n) is 13.3. The number of halogens is 1. The van der Waals surface area contributed by atoms with Crippen LogP contribution < -0.4 is 10.1 Å². The number of hydrogen-bond donors (Lipinski definition) is 1. The summed E-state index contributed by atoms with van der Waals surface area (Å²) < 4.78 is 5.72. The van der Waals surface area contributed by atoms with E-state index in [1.807, 2.05) is 38.1 Å². The molecule has 1 fully saturated rings. The third-order valence-electron chi connectivity index (χ3n) is 3.95. The second-order valence-corrected chi connectivity index (χ2v) is 6.52. The van der Waals surface area contributed by atoms with E-state index in [4.69, 9.17) is 16.3 Å². The van der Waals surface area contributed by atoms with Crippen molar-refractivity contribution in [2.45, 2.75) is 32.7 Å². The van der Waals surface area contributed by atoms with Gasteiger partial charge >= 0.3 is 0 Å². The number of likely N-dealkylation sites (tertiary alicyclic amines) is 1. The van der Waals surface area contributed by atoms with Gasteiger partial charge in [0.05, 0.1) is 0 Å². The molecule has 4 nitrogen and oxygen atoms in total. The molecule has 22 heavy (non-hydrogen) atoms. The average Bonchev–Trinajstić information content (AvgIpc) is 2.51. The van der Waals surface area contributed by atoms with E-state index < -0.39 is 0 Å². The van der Waals surface area contributed by atoms with E-state index in [0.29, 0.717) is 12.6 Å². The van der Waals surface area contributed by atoms with Gasteiger partial charge in [0.15, 0.2) is 0 Å². The second-order valence-electron chi connectivity index (χ2n) is 6.08. The normalized spacial score (nSPS) is 16.7. The largest absolute Gasteiger partial charge is 0.492 e. The van der Waals surface area contributed by atoms with Crippen molar-refractivity contribution in [3.63, 3.8) is 0 Å². The Bertz CT molecular complexity index is 468. The fraction of sp³-hybridized carbons (Fsp3) is 0.588. The number of nitrogens with one attached hydrogen (secondary N) is 1. The smallest absolute Gasteiger partial charge is 0.222 e. The van der Waals surface area contributed by atoms with Gasteiger partial charge in [-0.1, -0.05) is 25.4 Å². The van der Waals surface area contributed by atoms with Crippen LogP contribution in [0.15, 0.2) is 24.3 Å². The van der Waals surface area contributed by atoms with Crippen molar-refractivity contribution >= 4 is 17.5 Å². The fourth-order valence-electron chi connectivity index (χ4n) is 2.49. The van der Waals surface area contributed by atoms with Crippen LogP contribution in [0.5, 0.6) is 5.75 Å². The molecule has 1 N–H and O–H groups in total. The predicted octanol–water partition coefficient (Wildman–Crippen LogP) is 2.96. The second kappa shape index (κ2) is 8.39. The third kappa shape index (κ3) is 5.50. The van der Waals surface area contributed by atoms with E-state index in [-0.39, 0.29) is 11.8 Å². The van der Waals surface area contributed by atoms with Crippen LogP contribution in [0.2, 0.25) is 5.02 Å². The molecule has 2 rings (SSSR count). The lowest BCUT2D eigenvalue weighted by molar-refractivity contribution is -0.125. The Morgan fingerprint density at radius 1 is 1.32 bits per heavy atom. The van der Waals surface area contributed by atoms with Crippen LogP contribution in [0, 0.1) is 5.92 Å². The van der Waals surface area contributed by atoms with E-state index in [9.17, 15) is 4.79 Å². The lowest BCUT2D eigenvalue weighted by atomic mass is 10.0. The molecule has 1 aromatic carbocycles. The van der Waals surface area contributed by atoms with Gasteiger partial charge in [-0.3, -0.25) is 9.69 Å². The summed E-state index contributed by atoms with van der Waals surface area (Å²) in [4.78, 5) is 14.1. The summed E-state index contributed by atoms with van der Waals surface area (Å²) in [6.07, 6.45) is 2.03. The van der Waals surface area contributed by atoms with Gasteiger partial charge in [0, 0.05) is 36.6 Å². The minimum absolute atomic E-state index is 0.0609. The topological polar surface area (TPSA) is 41.6 Å². The molecule has 5 heteroatoms. The molecule has 0 aliphatic carbocycles. The molecule has 0 unspecified atom stereocenters. The maximum absolute atomic E-state index is 11.7. The van der Waals surface area contributed by atoms with Gasteiger partial charge in [0.1, 0.15) is 12.4 Å². The molecule has 122 valence electrons. The van der Waals surface area contributed by atoms with Crippen LogP contribution in [-0.4, -0.2) is 43.1 Å². The van der Waals surface area contributed by atoms with E-state index in [1.54, 1.807) is 0 Å². The molecule has 0 saturated carbocycles. The van der Waals surface area contributed by atoms with Gasteiger partial charge < -0.3 is 10.1 Å². The average molecular weight is 325 g/mol. The Morgan fingerprint density at radius 3 is 2.55 bits per heavy atom. The summed E-state index contributed by atoms with van der Waals surface area (Å²) in [5.74, 6) is 1.07. The lowest BCUT2D eigenvalue weighted by Crippen LogP contribution is -2.46. The minimum Gasteiger partial charge on any atom is -0.492 e. The molecular weight excluding hydrogens is 300 g/mol. The molecule has 0 spiro atoms. The Labute approximate surface area is 137 Å². The zero-order chi connectivity index (χ0) is 15.9. The van der Waals surface area contributed by atoms with Crippen LogP contribution in [0.1, 0.15) is 26.7 Å². The number of amides is 1. The Kier molecular flexibility index (Phi) is 6.52. The molecule has 1 heterocycles. The van der Waals surface area contributed by atoms with E-state index in [0.717, 1.165) is 43.2 Å². The van der Waals surface area contributed by atoms with Crippen molar-refractivity contribution in [3.05, 3.63) is 29.3 Å². The van der Waals surface area contributed by atoms with Crippen LogP contribution in [-0.2, 0) is 4.79 Å². The van der Waals surface area contributed by atoms with Crippen molar-refractivity contribution in [2.24, 2.45) is 5.92 Å². The summed E-state index contributed by atoms with van der Waals surface area (Å²) in [5, 5.41) is 3.84. The minimum atomic E-state index is 0.0609. The summed E-state index contributed by atoms with van der Waals surface area (Å²) in [7, 11) is 0.